The van der Waals surface area contributed by atoms with Gasteiger partial charge in [0, 0.05) is 38.1 Å². The summed E-state index contributed by atoms with van der Waals surface area (Å²) in [6.45, 7) is 4.62. The molecule has 3 rings (SSSR count). The predicted octanol–water partition coefficient (Wildman–Crippen LogP) is 3.36. The number of hydrogen-bond donors (Lipinski definition) is 1. The van der Waals surface area contributed by atoms with Gasteiger partial charge in [-0.05, 0) is 36.5 Å². The topological polar surface area (TPSA) is 45.2 Å². The molecule has 1 aromatic carbocycles. The molecule has 0 radical (unpaired) electrons. The minimum atomic E-state index is -0.0129. The van der Waals surface area contributed by atoms with Crippen molar-refractivity contribution in [1.82, 2.24) is 15.2 Å². The van der Waals surface area contributed by atoms with Gasteiger partial charge in [-0.25, -0.2) is 0 Å². The molecule has 25 heavy (non-hydrogen) atoms. The third-order valence-corrected chi connectivity index (χ3v) is 5.03. The van der Waals surface area contributed by atoms with Gasteiger partial charge in [0.25, 0.3) is 0 Å². The first-order valence-electron chi connectivity index (χ1n) is 9.24. The normalized spacial score (nSPS) is 16.6. The Morgan fingerprint density at radius 3 is 2.60 bits per heavy atom. The van der Waals surface area contributed by atoms with Crippen molar-refractivity contribution in [1.29, 1.82) is 0 Å². The smallest absolute Gasteiger partial charge is 0.230 e. The Morgan fingerprint density at radius 1 is 1.20 bits per heavy atom. The van der Waals surface area contributed by atoms with Crippen molar-refractivity contribution in [3.05, 3.63) is 66.0 Å². The van der Waals surface area contributed by atoms with Gasteiger partial charge in [0.15, 0.2) is 0 Å². The molecule has 0 saturated carbocycles. The Balaban J connectivity index is 1.50. The summed E-state index contributed by atoms with van der Waals surface area (Å²) < 4.78 is 0. The van der Waals surface area contributed by atoms with Gasteiger partial charge >= 0.3 is 0 Å². The number of likely N-dealkylation sites (tertiary alicyclic amines) is 1. The van der Waals surface area contributed by atoms with E-state index in [0.717, 1.165) is 44.5 Å². The number of aromatic nitrogens is 1. The zero-order valence-corrected chi connectivity index (χ0v) is 14.9. The molecule has 0 spiro atoms. The van der Waals surface area contributed by atoms with Gasteiger partial charge in [-0.3, -0.25) is 9.78 Å². The Labute approximate surface area is 150 Å². The van der Waals surface area contributed by atoms with E-state index in [1.54, 1.807) is 6.20 Å². The number of benzene rings is 1. The van der Waals surface area contributed by atoms with Crippen LogP contribution in [0.3, 0.4) is 0 Å². The molecule has 0 bridgehead atoms. The highest BCUT2D eigenvalue weighted by Crippen LogP contribution is 2.24. The highest BCUT2D eigenvalue weighted by Gasteiger charge is 2.28. The largest absolute Gasteiger partial charge is 0.342 e. The molecule has 2 heterocycles. The van der Waals surface area contributed by atoms with Gasteiger partial charge in [0.1, 0.15) is 0 Å². The average Bonchev–Trinajstić information content (AvgIpc) is 2.69. The van der Waals surface area contributed by atoms with E-state index >= 15 is 0 Å². The summed E-state index contributed by atoms with van der Waals surface area (Å²) in [5, 5.41) is 3.59. The summed E-state index contributed by atoms with van der Waals surface area (Å²) in [4.78, 5) is 19.1. The van der Waals surface area contributed by atoms with E-state index in [2.05, 4.69) is 35.4 Å². The summed E-state index contributed by atoms with van der Waals surface area (Å²) in [6, 6.07) is 14.7. The minimum Gasteiger partial charge on any atom is -0.342 e. The van der Waals surface area contributed by atoms with Crippen molar-refractivity contribution < 1.29 is 4.79 Å². The minimum absolute atomic E-state index is 0.0129. The Hall–Kier alpha value is -2.20. The van der Waals surface area contributed by atoms with Crippen LogP contribution in [0.15, 0.2) is 54.9 Å². The van der Waals surface area contributed by atoms with Crippen LogP contribution in [0, 0.1) is 0 Å². The van der Waals surface area contributed by atoms with Crippen LogP contribution < -0.4 is 5.32 Å². The number of carbonyl (C=O) groups excluding carboxylic acids is 1. The molecule has 1 aliphatic rings. The van der Waals surface area contributed by atoms with Crippen molar-refractivity contribution in [3.63, 3.8) is 0 Å². The van der Waals surface area contributed by atoms with Crippen LogP contribution >= 0.6 is 0 Å². The van der Waals surface area contributed by atoms with Gasteiger partial charge in [-0.2, -0.15) is 0 Å². The number of carbonyl (C=O) groups is 1. The molecule has 1 atom stereocenters. The summed E-state index contributed by atoms with van der Waals surface area (Å²) >= 11 is 0. The van der Waals surface area contributed by atoms with Crippen molar-refractivity contribution in [2.45, 2.75) is 44.7 Å². The first-order valence-corrected chi connectivity index (χ1v) is 9.24. The van der Waals surface area contributed by atoms with E-state index in [1.165, 1.54) is 5.56 Å². The third-order valence-electron chi connectivity index (χ3n) is 5.03. The first-order chi connectivity index (χ1) is 12.3. The van der Waals surface area contributed by atoms with Gasteiger partial charge in [-0.1, -0.05) is 43.3 Å². The zero-order chi connectivity index (χ0) is 17.5. The van der Waals surface area contributed by atoms with E-state index in [0.29, 0.717) is 6.04 Å². The number of nitrogens with one attached hydrogen (secondary N) is 1. The van der Waals surface area contributed by atoms with E-state index in [1.807, 2.05) is 35.4 Å². The molecule has 2 aromatic rings. The van der Waals surface area contributed by atoms with Gasteiger partial charge in [0.2, 0.25) is 5.91 Å². The molecular weight excluding hydrogens is 310 g/mol. The summed E-state index contributed by atoms with van der Waals surface area (Å²) in [5.41, 5.74) is 2.34. The molecule has 0 aliphatic carbocycles. The average molecular weight is 337 g/mol. The molecule has 1 aliphatic heterocycles. The number of hydrogen-bond acceptors (Lipinski definition) is 3. The van der Waals surface area contributed by atoms with Crippen LogP contribution in [0.1, 0.15) is 43.2 Å². The molecule has 4 nitrogen and oxygen atoms in total. The number of pyridine rings is 1. The SMILES string of the molecule is CCC(C(=O)N1CCC(NCc2cccnc2)CC1)c1ccccc1. The maximum Gasteiger partial charge on any atom is 0.230 e. The van der Waals surface area contributed by atoms with Crippen LogP contribution in [0.4, 0.5) is 0 Å². The Bertz CT molecular complexity index is 651. The molecule has 1 N–H and O–H groups in total. The van der Waals surface area contributed by atoms with Crippen LogP contribution in [0.25, 0.3) is 0 Å². The Morgan fingerprint density at radius 2 is 1.96 bits per heavy atom. The van der Waals surface area contributed by atoms with Crippen LogP contribution in [-0.2, 0) is 11.3 Å². The van der Waals surface area contributed by atoms with Gasteiger partial charge in [0.05, 0.1) is 5.92 Å². The monoisotopic (exact) mass is 337 g/mol. The van der Waals surface area contributed by atoms with E-state index in [9.17, 15) is 4.79 Å². The second-order valence-electron chi connectivity index (χ2n) is 6.71. The summed E-state index contributed by atoms with van der Waals surface area (Å²) in [5.74, 6) is 0.264. The van der Waals surface area contributed by atoms with E-state index in [4.69, 9.17) is 0 Å². The number of amides is 1. The van der Waals surface area contributed by atoms with E-state index in [-0.39, 0.29) is 11.8 Å². The quantitative estimate of drug-likeness (QED) is 0.879. The molecule has 1 amide bonds. The zero-order valence-electron chi connectivity index (χ0n) is 14.9. The van der Waals surface area contributed by atoms with Crippen LogP contribution in [-0.4, -0.2) is 34.9 Å². The number of piperidine rings is 1. The maximum absolute atomic E-state index is 12.9. The molecule has 1 unspecified atom stereocenters. The second-order valence-corrected chi connectivity index (χ2v) is 6.71. The van der Waals surface area contributed by atoms with Crippen molar-refractivity contribution in [2.24, 2.45) is 0 Å². The Kier molecular flexibility index (Phi) is 6.18. The lowest BCUT2D eigenvalue weighted by Crippen LogP contribution is -2.46. The second kappa shape index (κ2) is 8.77. The van der Waals surface area contributed by atoms with Crippen molar-refractivity contribution in [2.75, 3.05) is 13.1 Å². The van der Waals surface area contributed by atoms with Crippen LogP contribution in [0.5, 0.6) is 0 Å². The molecule has 1 fully saturated rings. The highest BCUT2D eigenvalue weighted by molar-refractivity contribution is 5.83. The standard InChI is InChI=1S/C21H27N3O/c1-2-20(18-8-4-3-5-9-18)21(25)24-13-10-19(11-14-24)23-16-17-7-6-12-22-15-17/h3-9,12,15,19-20,23H,2,10-11,13-14,16H2,1H3. The fraction of sp³-hybridized carbons (Fsp3) is 0.429. The van der Waals surface area contributed by atoms with Crippen LogP contribution in [0.2, 0.25) is 0 Å². The summed E-state index contributed by atoms with van der Waals surface area (Å²) in [6.07, 6.45) is 6.57. The van der Waals surface area contributed by atoms with Crippen molar-refractivity contribution >= 4 is 5.91 Å². The molecular formula is C21H27N3O. The molecule has 132 valence electrons. The van der Waals surface area contributed by atoms with Gasteiger partial charge < -0.3 is 10.2 Å². The number of nitrogens with zero attached hydrogens (tertiary/aromatic N) is 2. The predicted molar refractivity (Wildman–Crippen MR) is 100 cm³/mol. The highest BCUT2D eigenvalue weighted by atomic mass is 16.2. The molecule has 1 aromatic heterocycles. The lowest BCUT2D eigenvalue weighted by atomic mass is 9.93. The fourth-order valence-corrected chi connectivity index (χ4v) is 3.53. The lowest BCUT2D eigenvalue weighted by molar-refractivity contribution is -0.134. The number of rotatable bonds is 6. The van der Waals surface area contributed by atoms with Gasteiger partial charge in [-0.15, -0.1) is 0 Å². The maximum atomic E-state index is 12.9. The summed E-state index contributed by atoms with van der Waals surface area (Å²) in [7, 11) is 0. The molecule has 1 saturated heterocycles. The lowest BCUT2D eigenvalue weighted by Gasteiger charge is -2.34. The molecule has 4 heteroatoms. The van der Waals surface area contributed by atoms with Crippen molar-refractivity contribution in [3.8, 4) is 0 Å². The third kappa shape index (κ3) is 4.67. The first kappa shape index (κ1) is 17.6. The fourth-order valence-electron chi connectivity index (χ4n) is 3.53. The van der Waals surface area contributed by atoms with E-state index < -0.39 is 0 Å².